The van der Waals surface area contributed by atoms with Gasteiger partial charge in [0.15, 0.2) is 6.07 Å². The van der Waals surface area contributed by atoms with E-state index in [0.29, 0.717) is 0 Å². The molecular weight excluding hydrogens is 156 g/mol. The van der Waals surface area contributed by atoms with E-state index in [9.17, 15) is 4.79 Å². The highest BCUT2D eigenvalue weighted by molar-refractivity contribution is 6.17. The van der Waals surface area contributed by atoms with Crippen LogP contribution in [0.15, 0.2) is 0 Å². The Morgan fingerprint density at radius 1 is 1.70 bits per heavy atom. The average Bonchev–Trinajstić information content (AvgIpc) is 1.88. The normalized spacial score (nSPS) is 12.3. The Labute approximate surface area is 65.3 Å². The molecule has 0 N–H and O–H groups in total. The van der Waals surface area contributed by atoms with Crippen LogP contribution in [0.2, 0.25) is 0 Å². The Balaban J connectivity index is 3.37. The van der Waals surface area contributed by atoms with Crippen LogP contribution in [0.4, 0.5) is 4.79 Å². The van der Waals surface area contributed by atoms with Gasteiger partial charge in [0, 0.05) is 0 Å². The molecule has 0 aliphatic heterocycles. The predicted molar refractivity (Wildman–Crippen MR) is 38.0 cm³/mol. The van der Waals surface area contributed by atoms with Crippen molar-refractivity contribution in [3.63, 3.8) is 0 Å². The quantitative estimate of drug-likeness (QED) is 0.476. The first-order valence-corrected chi connectivity index (χ1v) is 3.63. The van der Waals surface area contributed by atoms with E-state index in [-0.39, 0.29) is 12.2 Å². The molecule has 0 bridgehead atoms. The van der Waals surface area contributed by atoms with Crippen LogP contribution in [0.1, 0.15) is 20.3 Å². The van der Waals surface area contributed by atoms with Gasteiger partial charge in [-0.2, -0.15) is 0 Å². The molecule has 1 atom stereocenters. The van der Waals surface area contributed by atoms with E-state index < -0.39 is 6.16 Å². The predicted octanol–water partition coefficient (Wildman–Crippen LogP) is 2.13. The first-order valence-electron chi connectivity index (χ1n) is 3.10. The summed E-state index contributed by atoms with van der Waals surface area (Å²) in [5.74, 6) is 0. The van der Waals surface area contributed by atoms with Gasteiger partial charge >= 0.3 is 6.16 Å². The first-order chi connectivity index (χ1) is 4.70. The van der Waals surface area contributed by atoms with Crippen molar-refractivity contribution in [3.05, 3.63) is 0 Å². The fraction of sp³-hybridized carbons (Fsp3) is 0.833. The molecule has 3 nitrogen and oxygen atoms in total. The molecule has 4 heteroatoms. The number of carbonyl (C=O) groups is 1. The van der Waals surface area contributed by atoms with Gasteiger partial charge in [0.2, 0.25) is 0 Å². The van der Waals surface area contributed by atoms with Gasteiger partial charge in [-0.25, -0.2) is 4.79 Å². The van der Waals surface area contributed by atoms with Gasteiger partial charge in [-0.15, -0.1) is 0 Å². The maximum atomic E-state index is 10.5. The molecule has 0 amide bonds. The molecule has 0 aliphatic carbocycles. The third kappa shape index (κ3) is 4.44. The molecule has 1 unspecified atom stereocenters. The molecule has 0 radical (unpaired) electrons. The van der Waals surface area contributed by atoms with Crippen molar-refractivity contribution in [1.29, 1.82) is 0 Å². The zero-order valence-corrected chi connectivity index (χ0v) is 6.85. The molecule has 0 aromatic heterocycles. The molecule has 0 heterocycles. The zero-order valence-electron chi connectivity index (χ0n) is 6.09. The zero-order chi connectivity index (χ0) is 7.98. The Bertz CT molecular complexity index is 105. The maximum absolute atomic E-state index is 10.5. The second-order valence-corrected chi connectivity index (χ2v) is 2.06. The summed E-state index contributed by atoms with van der Waals surface area (Å²) < 4.78 is 9.01. The highest BCUT2D eigenvalue weighted by Crippen LogP contribution is 1.98. The lowest BCUT2D eigenvalue weighted by Crippen LogP contribution is -2.14. The second kappa shape index (κ2) is 5.35. The topological polar surface area (TPSA) is 35.5 Å². The summed E-state index contributed by atoms with van der Waals surface area (Å²) in [6.45, 7) is 3.70. The molecule has 0 aromatic rings. The summed E-state index contributed by atoms with van der Waals surface area (Å²) in [6.07, 6.45) is -0.0303. The van der Waals surface area contributed by atoms with Crippen LogP contribution in [0.25, 0.3) is 0 Å². The van der Waals surface area contributed by atoms with Crippen LogP contribution in [0.5, 0.6) is 0 Å². The van der Waals surface area contributed by atoms with E-state index in [0.717, 1.165) is 6.42 Å². The molecule has 0 saturated heterocycles. The largest absolute Gasteiger partial charge is 0.509 e. The minimum absolute atomic E-state index is 0.101. The van der Waals surface area contributed by atoms with E-state index in [1.54, 1.807) is 6.92 Å². The SMILES string of the molecule is CCC(C)OC(=O)OCCl. The second-order valence-electron chi connectivity index (χ2n) is 1.84. The van der Waals surface area contributed by atoms with Gasteiger partial charge in [0.05, 0.1) is 0 Å². The third-order valence-electron chi connectivity index (χ3n) is 1.04. The molecule has 0 saturated carbocycles. The van der Waals surface area contributed by atoms with Crippen LogP contribution in [-0.2, 0) is 9.47 Å². The standard InChI is InChI=1S/C6H11ClO3/c1-3-5(2)10-6(8)9-4-7/h5H,3-4H2,1-2H3. The summed E-state index contributed by atoms with van der Waals surface area (Å²) in [5.41, 5.74) is 0. The number of hydrogen-bond acceptors (Lipinski definition) is 3. The van der Waals surface area contributed by atoms with E-state index in [1.165, 1.54) is 0 Å². The Morgan fingerprint density at radius 3 is 2.70 bits per heavy atom. The first kappa shape index (κ1) is 9.56. The number of halogens is 1. The van der Waals surface area contributed by atoms with Gasteiger partial charge < -0.3 is 9.47 Å². The molecule has 0 rings (SSSR count). The molecule has 0 fully saturated rings. The van der Waals surface area contributed by atoms with Crippen LogP contribution < -0.4 is 0 Å². The Morgan fingerprint density at radius 2 is 2.30 bits per heavy atom. The molecule has 0 aliphatic rings. The maximum Gasteiger partial charge on any atom is 0.509 e. The monoisotopic (exact) mass is 166 g/mol. The highest BCUT2D eigenvalue weighted by Gasteiger charge is 2.06. The fourth-order valence-corrected chi connectivity index (χ4v) is 0.415. The Kier molecular flexibility index (Phi) is 5.12. The summed E-state index contributed by atoms with van der Waals surface area (Å²) in [5, 5.41) is 0. The smallest absolute Gasteiger partial charge is 0.431 e. The molecule has 0 aromatic carbocycles. The van der Waals surface area contributed by atoms with Crippen LogP contribution in [0.3, 0.4) is 0 Å². The third-order valence-corrected chi connectivity index (χ3v) is 1.15. The minimum Gasteiger partial charge on any atom is -0.431 e. The van der Waals surface area contributed by atoms with Crippen molar-refractivity contribution >= 4 is 17.8 Å². The van der Waals surface area contributed by atoms with Gasteiger partial charge in [-0.1, -0.05) is 18.5 Å². The van der Waals surface area contributed by atoms with E-state index >= 15 is 0 Å². The highest BCUT2D eigenvalue weighted by atomic mass is 35.5. The van der Waals surface area contributed by atoms with Gasteiger partial charge in [-0.05, 0) is 13.3 Å². The lowest BCUT2D eigenvalue weighted by atomic mass is 10.3. The van der Waals surface area contributed by atoms with Crippen molar-refractivity contribution in [2.75, 3.05) is 6.07 Å². The van der Waals surface area contributed by atoms with E-state index in [4.69, 9.17) is 16.3 Å². The van der Waals surface area contributed by atoms with Crippen molar-refractivity contribution in [3.8, 4) is 0 Å². The summed E-state index contributed by atoms with van der Waals surface area (Å²) in [7, 11) is 0. The number of carbonyl (C=O) groups excluding carboxylic acids is 1. The summed E-state index contributed by atoms with van der Waals surface area (Å²) in [4.78, 5) is 10.5. The van der Waals surface area contributed by atoms with Gasteiger partial charge in [0.1, 0.15) is 6.10 Å². The van der Waals surface area contributed by atoms with Crippen molar-refractivity contribution < 1.29 is 14.3 Å². The lowest BCUT2D eigenvalue weighted by Gasteiger charge is -2.08. The molecule has 60 valence electrons. The van der Waals surface area contributed by atoms with Crippen LogP contribution in [0, 0.1) is 0 Å². The number of hydrogen-bond donors (Lipinski definition) is 0. The van der Waals surface area contributed by atoms with Crippen molar-refractivity contribution in [2.24, 2.45) is 0 Å². The molecule has 10 heavy (non-hydrogen) atoms. The van der Waals surface area contributed by atoms with Gasteiger partial charge in [0.25, 0.3) is 0 Å². The minimum atomic E-state index is -0.704. The van der Waals surface area contributed by atoms with Crippen molar-refractivity contribution in [2.45, 2.75) is 26.4 Å². The van der Waals surface area contributed by atoms with Gasteiger partial charge in [-0.3, -0.25) is 0 Å². The number of ether oxygens (including phenoxy) is 2. The fourth-order valence-electron chi connectivity index (χ4n) is 0.326. The van der Waals surface area contributed by atoms with Crippen LogP contribution in [-0.4, -0.2) is 18.3 Å². The molecular formula is C6H11ClO3. The number of alkyl halides is 1. The van der Waals surface area contributed by atoms with E-state index in [2.05, 4.69) is 4.74 Å². The van der Waals surface area contributed by atoms with E-state index in [1.807, 2.05) is 6.92 Å². The molecule has 0 spiro atoms. The van der Waals surface area contributed by atoms with Crippen molar-refractivity contribution in [1.82, 2.24) is 0 Å². The summed E-state index contributed by atoms with van der Waals surface area (Å²) in [6, 6.07) is -0.157. The number of rotatable bonds is 3. The Hall–Kier alpha value is -0.440. The lowest BCUT2D eigenvalue weighted by molar-refractivity contribution is 0.0382. The summed E-state index contributed by atoms with van der Waals surface area (Å²) >= 11 is 5.10. The van der Waals surface area contributed by atoms with Crippen LogP contribution >= 0.6 is 11.6 Å². The average molecular weight is 167 g/mol.